The summed E-state index contributed by atoms with van der Waals surface area (Å²) in [6, 6.07) is 0. The molecule has 1 heterocycles. The van der Waals surface area contributed by atoms with Gasteiger partial charge >= 0.3 is 0 Å². The summed E-state index contributed by atoms with van der Waals surface area (Å²) < 4.78 is 25.7. The lowest BCUT2D eigenvalue weighted by Gasteiger charge is -2.24. The average molecular weight is 207 g/mol. The summed E-state index contributed by atoms with van der Waals surface area (Å²) in [5, 5.41) is 9.07. The van der Waals surface area contributed by atoms with Gasteiger partial charge < -0.3 is 5.11 Å². The van der Waals surface area contributed by atoms with Crippen LogP contribution in [0.2, 0.25) is 0 Å². The van der Waals surface area contributed by atoms with Crippen LogP contribution in [-0.4, -0.2) is 42.2 Å². The molecule has 0 bridgehead atoms. The van der Waals surface area contributed by atoms with Gasteiger partial charge in [0.15, 0.2) is 0 Å². The minimum absolute atomic E-state index is 0.0384. The predicted molar refractivity (Wildman–Crippen MR) is 51.4 cm³/mol. The monoisotopic (exact) mass is 207 g/mol. The normalized spacial score (nSPS) is 24.4. The van der Waals surface area contributed by atoms with Gasteiger partial charge in [-0.05, 0) is 11.8 Å². The highest BCUT2D eigenvalue weighted by molar-refractivity contribution is 4.83. The molecule has 0 radical (unpaired) electrons. The molecule has 1 N–H and O–H groups in total. The van der Waals surface area contributed by atoms with E-state index in [1.54, 1.807) is 4.90 Å². The van der Waals surface area contributed by atoms with E-state index in [0.717, 1.165) is 0 Å². The third-order valence-electron chi connectivity index (χ3n) is 2.92. The number of nitrogens with zero attached hydrogens (tertiary/aromatic N) is 1. The van der Waals surface area contributed by atoms with Gasteiger partial charge in [-0.2, -0.15) is 0 Å². The van der Waals surface area contributed by atoms with E-state index in [4.69, 9.17) is 5.11 Å². The first-order valence-corrected chi connectivity index (χ1v) is 5.15. The van der Waals surface area contributed by atoms with Crippen LogP contribution < -0.4 is 0 Å². The SMILES string of the molecule is CC(C)C(CO)CN1CCC(F)(F)C1. The number of hydrogen-bond acceptors (Lipinski definition) is 2. The minimum atomic E-state index is -2.52. The molecule has 0 spiro atoms. The zero-order chi connectivity index (χ0) is 10.8. The van der Waals surface area contributed by atoms with Crippen molar-refractivity contribution >= 4 is 0 Å². The summed E-state index contributed by atoms with van der Waals surface area (Å²) >= 11 is 0. The Balaban J connectivity index is 2.38. The van der Waals surface area contributed by atoms with Crippen molar-refractivity contribution in [2.24, 2.45) is 11.8 Å². The first-order chi connectivity index (χ1) is 6.44. The van der Waals surface area contributed by atoms with E-state index in [-0.39, 0.29) is 25.5 Å². The number of hydrogen-bond donors (Lipinski definition) is 1. The van der Waals surface area contributed by atoms with Crippen molar-refractivity contribution in [2.45, 2.75) is 26.2 Å². The predicted octanol–water partition coefficient (Wildman–Crippen LogP) is 1.59. The standard InChI is InChI=1S/C10H19F2NO/c1-8(2)9(6-14)5-13-4-3-10(11,12)7-13/h8-9,14H,3-7H2,1-2H3. The Morgan fingerprint density at radius 3 is 2.43 bits per heavy atom. The van der Waals surface area contributed by atoms with Crippen LogP contribution in [0.15, 0.2) is 0 Å². The van der Waals surface area contributed by atoms with Crippen LogP contribution >= 0.6 is 0 Å². The van der Waals surface area contributed by atoms with E-state index in [0.29, 0.717) is 19.0 Å². The van der Waals surface area contributed by atoms with Gasteiger partial charge in [0, 0.05) is 26.1 Å². The molecule has 1 unspecified atom stereocenters. The molecule has 0 saturated carbocycles. The van der Waals surface area contributed by atoms with E-state index in [1.165, 1.54) is 0 Å². The maximum atomic E-state index is 12.8. The lowest BCUT2D eigenvalue weighted by atomic mass is 9.96. The summed E-state index contributed by atoms with van der Waals surface area (Å²) in [5.74, 6) is -2.06. The van der Waals surface area contributed by atoms with Crippen molar-refractivity contribution in [3.05, 3.63) is 0 Å². The van der Waals surface area contributed by atoms with Crippen LogP contribution in [0.5, 0.6) is 0 Å². The number of aliphatic hydroxyl groups excluding tert-OH is 1. The summed E-state index contributed by atoms with van der Waals surface area (Å²) in [4.78, 5) is 1.75. The Hall–Kier alpha value is -0.220. The second kappa shape index (κ2) is 4.53. The van der Waals surface area contributed by atoms with Crippen LogP contribution in [-0.2, 0) is 0 Å². The van der Waals surface area contributed by atoms with Gasteiger partial charge in [-0.15, -0.1) is 0 Å². The van der Waals surface area contributed by atoms with Crippen molar-refractivity contribution in [2.75, 3.05) is 26.2 Å². The molecular weight excluding hydrogens is 188 g/mol. The minimum Gasteiger partial charge on any atom is -0.396 e. The maximum Gasteiger partial charge on any atom is 0.261 e. The third kappa shape index (κ3) is 3.17. The number of aliphatic hydroxyl groups is 1. The highest BCUT2D eigenvalue weighted by Gasteiger charge is 2.38. The largest absolute Gasteiger partial charge is 0.396 e. The Morgan fingerprint density at radius 2 is 2.07 bits per heavy atom. The van der Waals surface area contributed by atoms with E-state index >= 15 is 0 Å². The maximum absolute atomic E-state index is 12.8. The van der Waals surface area contributed by atoms with Crippen LogP contribution in [0.4, 0.5) is 8.78 Å². The quantitative estimate of drug-likeness (QED) is 0.756. The molecule has 1 aliphatic rings. The van der Waals surface area contributed by atoms with Crippen molar-refractivity contribution in [1.82, 2.24) is 4.90 Å². The molecule has 4 heteroatoms. The Morgan fingerprint density at radius 1 is 1.43 bits per heavy atom. The molecule has 0 aliphatic carbocycles. The molecule has 0 amide bonds. The van der Waals surface area contributed by atoms with E-state index in [1.807, 2.05) is 13.8 Å². The number of alkyl halides is 2. The van der Waals surface area contributed by atoms with Crippen molar-refractivity contribution in [3.8, 4) is 0 Å². The molecule has 14 heavy (non-hydrogen) atoms. The summed E-state index contributed by atoms with van der Waals surface area (Å²) in [6.45, 7) is 5.00. The van der Waals surface area contributed by atoms with Crippen LogP contribution in [0.3, 0.4) is 0 Å². The highest BCUT2D eigenvalue weighted by Crippen LogP contribution is 2.27. The molecular formula is C10H19F2NO. The van der Waals surface area contributed by atoms with Gasteiger partial charge in [-0.25, -0.2) is 8.78 Å². The van der Waals surface area contributed by atoms with Gasteiger partial charge in [0.2, 0.25) is 0 Å². The van der Waals surface area contributed by atoms with Gasteiger partial charge in [0.25, 0.3) is 5.92 Å². The topological polar surface area (TPSA) is 23.5 Å². The molecule has 84 valence electrons. The Kier molecular flexibility index (Phi) is 3.84. The van der Waals surface area contributed by atoms with Crippen LogP contribution in [0.25, 0.3) is 0 Å². The number of halogens is 2. The fourth-order valence-corrected chi connectivity index (χ4v) is 1.77. The molecule has 1 saturated heterocycles. The fourth-order valence-electron chi connectivity index (χ4n) is 1.77. The summed E-state index contributed by atoms with van der Waals surface area (Å²) in [5.41, 5.74) is 0. The Labute approximate surface area is 83.9 Å². The number of rotatable bonds is 4. The van der Waals surface area contributed by atoms with Crippen molar-refractivity contribution in [1.29, 1.82) is 0 Å². The second-order valence-corrected chi connectivity index (χ2v) is 4.53. The lowest BCUT2D eigenvalue weighted by Crippen LogP contribution is -2.33. The van der Waals surface area contributed by atoms with Gasteiger partial charge in [0.1, 0.15) is 0 Å². The second-order valence-electron chi connectivity index (χ2n) is 4.53. The lowest BCUT2D eigenvalue weighted by molar-refractivity contribution is 0.00865. The smallest absolute Gasteiger partial charge is 0.261 e. The summed E-state index contributed by atoms with van der Waals surface area (Å²) in [7, 11) is 0. The molecule has 0 aromatic heterocycles. The zero-order valence-corrected chi connectivity index (χ0v) is 8.84. The van der Waals surface area contributed by atoms with E-state index in [2.05, 4.69) is 0 Å². The molecule has 0 aromatic rings. The van der Waals surface area contributed by atoms with Crippen molar-refractivity contribution in [3.63, 3.8) is 0 Å². The molecule has 2 nitrogen and oxygen atoms in total. The first kappa shape index (κ1) is 11.9. The molecule has 1 aliphatic heterocycles. The fraction of sp³-hybridized carbons (Fsp3) is 1.00. The van der Waals surface area contributed by atoms with Crippen LogP contribution in [0.1, 0.15) is 20.3 Å². The Bertz CT molecular complexity index is 185. The van der Waals surface area contributed by atoms with Gasteiger partial charge in [-0.3, -0.25) is 4.90 Å². The molecule has 1 fully saturated rings. The zero-order valence-electron chi connectivity index (χ0n) is 8.84. The van der Waals surface area contributed by atoms with E-state index < -0.39 is 5.92 Å². The van der Waals surface area contributed by atoms with E-state index in [9.17, 15) is 8.78 Å². The summed E-state index contributed by atoms with van der Waals surface area (Å²) in [6.07, 6.45) is -0.0384. The van der Waals surface area contributed by atoms with Gasteiger partial charge in [0.05, 0.1) is 6.54 Å². The molecule has 1 rings (SSSR count). The number of likely N-dealkylation sites (tertiary alicyclic amines) is 1. The average Bonchev–Trinajstić information content (AvgIpc) is 2.41. The third-order valence-corrected chi connectivity index (χ3v) is 2.92. The van der Waals surface area contributed by atoms with Crippen molar-refractivity contribution < 1.29 is 13.9 Å². The first-order valence-electron chi connectivity index (χ1n) is 5.15. The highest BCUT2D eigenvalue weighted by atomic mass is 19.3. The molecule has 1 atom stereocenters. The molecule has 0 aromatic carbocycles. The van der Waals surface area contributed by atoms with Gasteiger partial charge in [-0.1, -0.05) is 13.8 Å². The van der Waals surface area contributed by atoms with Crippen LogP contribution in [0, 0.1) is 11.8 Å².